The molecule has 0 atom stereocenters. The van der Waals surface area contributed by atoms with E-state index in [1.807, 2.05) is 25.1 Å². The molecule has 0 fully saturated rings. The number of aryl methyl sites for hydroxylation is 1. The van der Waals surface area contributed by atoms with Gasteiger partial charge in [0.2, 0.25) is 0 Å². The van der Waals surface area contributed by atoms with Crippen LogP contribution in [0.25, 0.3) is 16.7 Å². The van der Waals surface area contributed by atoms with Crippen molar-refractivity contribution in [3.05, 3.63) is 53.6 Å². The first-order valence-electron chi connectivity index (χ1n) is 11.8. The van der Waals surface area contributed by atoms with Crippen molar-refractivity contribution >= 4 is 28.8 Å². The molecule has 0 aliphatic rings. The SMILES string of the molecule is C/C=C/C(=O)OCCCCCCSc1ccc2nn(-c3cc(C)cc(C(C)(C)C)c3O)nc2c1. The summed E-state index contributed by atoms with van der Waals surface area (Å²) in [5.74, 6) is 0.980. The smallest absolute Gasteiger partial charge is 0.330 e. The van der Waals surface area contributed by atoms with Gasteiger partial charge in [-0.2, -0.15) is 0 Å². The third-order valence-corrected chi connectivity index (χ3v) is 6.54. The van der Waals surface area contributed by atoms with Gasteiger partial charge in [-0.3, -0.25) is 0 Å². The van der Waals surface area contributed by atoms with E-state index >= 15 is 0 Å². The molecule has 0 bridgehead atoms. The molecule has 3 rings (SSSR count). The number of esters is 1. The van der Waals surface area contributed by atoms with Crippen molar-refractivity contribution in [1.82, 2.24) is 15.0 Å². The topological polar surface area (TPSA) is 77.2 Å². The lowest BCUT2D eigenvalue weighted by molar-refractivity contribution is -0.137. The summed E-state index contributed by atoms with van der Waals surface area (Å²) in [6.45, 7) is 10.6. The number of carbonyl (C=O) groups excluding carboxylic acids is 1. The minimum atomic E-state index is -0.266. The average Bonchev–Trinajstić information content (AvgIpc) is 3.19. The van der Waals surface area contributed by atoms with Crippen LogP contribution in [0.3, 0.4) is 0 Å². The van der Waals surface area contributed by atoms with E-state index in [2.05, 4.69) is 43.1 Å². The van der Waals surface area contributed by atoms with Gasteiger partial charge in [-0.15, -0.1) is 26.8 Å². The first kappa shape index (κ1) is 25.8. The van der Waals surface area contributed by atoms with Crippen molar-refractivity contribution in [2.75, 3.05) is 12.4 Å². The molecule has 0 saturated carbocycles. The summed E-state index contributed by atoms with van der Waals surface area (Å²) in [6, 6.07) is 10.1. The zero-order valence-corrected chi connectivity index (χ0v) is 21.6. The quantitative estimate of drug-likeness (QED) is 0.154. The molecule has 0 radical (unpaired) electrons. The number of phenolic OH excluding ortho intramolecular Hbond substituents is 1. The van der Waals surface area contributed by atoms with Crippen molar-refractivity contribution in [3.63, 3.8) is 0 Å². The van der Waals surface area contributed by atoms with E-state index in [4.69, 9.17) is 4.74 Å². The Morgan fingerprint density at radius 2 is 1.82 bits per heavy atom. The third-order valence-electron chi connectivity index (χ3n) is 5.46. The van der Waals surface area contributed by atoms with Gasteiger partial charge in [-0.1, -0.05) is 45.8 Å². The Balaban J connectivity index is 1.57. The number of thioether (sulfide) groups is 1. The first-order chi connectivity index (χ1) is 16.2. The number of aromatic hydroxyl groups is 1. The molecule has 1 N–H and O–H groups in total. The highest BCUT2D eigenvalue weighted by atomic mass is 32.2. The fourth-order valence-electron chi connectivity index (χ4n) is 3.68. The maximum absolute atomic E-state index is 11.3. The minimum Gasteiger partial charge on any atom is -0.505 e. The molecule has 6 nitrogen and oxygen atoms in total. The lowest BCUT2D eigenvalue weighted by Crippen LogP contribution is -2.13. The second kappa shape index (κ2) is 11.6. The number of fused-ring (bicyclic) bond motifs is 1. The Morgan fingerprint density at radius 1 is 1.09 bits per heavy atom. The van der Waals surface area contributed by atoms with Crippen LogP contribution in [0.2, 0.25) is 0 Å². The van der Waals surface area contributed by atoms with E-state index in [-0.39, 0.29) is 17.1 Å². The van der Waals surface area contributed by atoms with E-state index in [1.54, 1.807) is 29.6 Å². The van der Waals surface area contributed by atoms with Crippen molar-refractivity contribution in [3.8, 4) is 11.4 Å². The zero-order valence-electron chi connectivity index (χ0n) is 20.8. The Bertz CT molecular complexity index is 1160. The van der Waals surface area contributed by atoms with Gasteiger partial charge in [0.25, 0.3) is 0 Å². The van der Waals surface area contributed by atoms with Gasteiger partial charge in [0, 0.05) is 16.5 Å². The maximum Gasteiger partial charge on any atom is 0.330 e. The summed E-state index contributed by atoms with van der Waals surface area (Å²) in [7, 11) is 0. The maximum atomic E-state index is 11.3. The number of phenols is 1. The summed E-state index contributed by atoms with van der Waals surface area (Å²) in [4.78, 5) is 14.0. The number of rotatable bonds is 10. The summed E-state index contributed by atoms with van der Waals surface area (Å²) >= 11 is 1.81. The van der Waals surface area contributed by atoms with Crippen molar-refractivity contribution < 1.29 is 14.6 Å². The van der Waals surface area contributed by atoms with Gasteiger partial charge < -0.3 is 9.84 Å². The molecule has 7 heteroatoms. The highest BCUT2D eigenvalue weighted by Gasteiger charge is 2.22. The average molecular weight is 482 g/mol. The number of unbranched alkanes of at least 4 members (excludes halogenated alkanes) is 3. The molecular weight excluding hydrogens is 446 g/mol. The third kappa shape index (κ3) is 6.86. The Morgan fingerprint density at radius 3 is 2.56 bits per heavy atom. The summed E-state index contributed by atoms with van der Waals surface area (Å²) in [5.41, 5.74) is 3.98. The van der Waals surface area contributed by atoms with E-state index < -0.39 is 0 Å². The van der Waals surface area contributed by atoms with Crippen LogP contribution in [0.5, 0.6) is 5.75 Å². The predicted octanol–water partition coefficient (Wildman–Crippen LogP) is 6.50. The van der Waals surface area contributed by atoms with Gasteiger partial charge in [0.15, 0.2) is 0 Å². The molecule has 1 aromatic heterocycles. The standard InChI is InChI=1S/C27H35N3O3S/c1-6-11-25(31)33-14-9-7-8-10-15-34-20-12-13-22-23(18-20)29-30(28-22)24-17-19(2)16-21(26(24)32)27(3,4)5/h6,11-13,16-18,32H,7-10,14-15H2,1-5H3/b11-6+. The lowest BCUT2D eigenvalue weighted by Gasteiger charge is -2.22. The van der Waals surface area contributed by atoms with Crippen LogP contribution in [0, 0.1) is 6.92 Å². The minimum absolute atomic E-state index is 0.182. The number of hydrogen-bond acceptors (Lipinski definition) is 6. The van der Waals surface area contributed by atoms with Crippen LogP contribution in [0.15, 0.2) is 47.4 Å². The number of ether oxygens (including phenoxy) is 1. The summed E-state index contributed by atoms with van der Waals surface area (Å²) < 4.78 is 5.11. The number of aromatic nitrogens is 3. The molecule has 0 spiro atoms. The molecule has 0 aliphatic carbocycles. The molecule has 3 aromatic rings. The highest BCUT2D eigenvalue weighted by molar-refractivity contribution is 7.99. The molecule has 0 saturated heterocycles. The molecule has 34 heavy (non-hydrogen) atoms. The number of nitrogens with zero attached hydrogens (tertiary/aromatic N) is 3. The van der Waals surface area contributed by atoms with Crippen LogP contribution in [0.1, 0.15) is 64.5 Å². The monoisotopic (exact) mass is 481 g/mol. The van der Waals surface area contributed by atoms with Crippen molar-refractivity contribution in [2.24, 2.45) is 0 Å². The van der Waals surface area contributed by atoms with Crippen LogP contribution in [-0.4, -0.2) is 38.4 Å². The lowest BCUT2D eigenvalue weighted by atomic mass is 9.85. The van der Waals surface area contributed by atoms with Crippen LogP contribution in [0.4, 0.5) is 0 Å². The fourth-order valence-corrected chi connectivity index (χ4v) is 4.62. The molecule has 0 aliphatic heterocycles. The van der Waals surface area contributed by atoms with Crippen LogP contribution < -0.4 is 0 Å². The van der Waals surface area contributed by atoms with Crippen molar-refractivity contribution in [1.29, 1.82) is 0 Å². The summed E-state index contributed by atoms with van der Waals surface area (Å²) in [5, 5.41) is 20.2. The number of benzene rings is 2. The fraction of sp³-hybridized carbons (Fsp3) is 0.444. The molecule has 182 valence electrons. The second-order valence-corrected chi connectivity index (χ2v) is 10.7. The highest BCUT2D eigenvalue weighted by Crippen LogP contribution is 2.36. The molecular formula is C27H35N3O3S. The second-order valence-electron chi connectivity index (χ2n) is 9.50. The predicted molar refractivity (Wildman–Crippen MR) is 139 cm³/mol. The normalized spacial score (nSPS) is 12.0. The van der Waals surface area contributed by atoms with Gasteiger partial charge in [0.05, 0.1) is 6.61 Å². The number of allylic oxidation sites excluding steroid dienone is 1. The molecule has 0 amide bonds. The summed E-state index contributed by atoms with van der Waals surface area (Å²) in [6.07, 6.45) is 7.28. The number of carbonyl (C=O) groups is 1. The van der Waals surface area contributed by atoms with Crippen LogP contribution in [-0.2, 0) is 14.9 Å². The van der Waals surface area contributed by atoms with Gasteiger partial charge in [-0.05, 0) is 67.7 Å². The Labute approximate surface area is 206 Å². The molecule has 1 heterocycles. The van der Waals surface area contributed by atoms with E-state index in [0.29, 0.717) is 12.3 Å². The Kier molecular flexibility index (Phi) is 8.78. The largest absolute Gasteiger partial charge is 0.505 e. The molecule has 2 aromatic carbocycles. The van der Waals surface area contributed by atoms with Crippen molar-refractivity contribution in [2.45, 2.75) is 70.6 Å². The van der Waals surface area contributed by atoms with Gasteiger partial charge in [-0.25, -0.2) is 4.79 Å². The van der Waals surface area contributed by atoms with Gasteiger partial charge in [0.1, 0.15) is 22.5 Å². The molecule has 0 unspecified atom stereocenters. The zero-order chi connectivity index (χ0) is 24.7. The number of hydrogen-bond donors (Lipinski definition) is 1. The van der Waals surface area contributed by atoms with E-state index in [0.717, 1.165) is 58.5 Å². The van der Waals surface area contributed by atoms with Crippen LogP contribution >= 0.6 is 11.8 Å². The van der Waals surface area contributed by atoms with E-state index in [1.165, 1.54) is 6.08 Å². The Hall–Kier alpha value is -2.80. The van der Waals surface area contributed by atoms with Gasteiger partial charge >= 0.3 is 5.97 Å². The first-order valence-corrected chi connectivity index (χ1v) is 12.8. The van der Waals surface area contributed by atoms with E-state index in [9.17, 15) is 9.90 Å².